The number of halogens is 3. The lowest BCUT2D eigenvalue weighted by molar-refractivity contribution is -0.138. The van der Waals surface area contributed by atoms with Crippen molar-refractivity contribution in [3.05, 3.63) is 35.4 Å². The fraction of sp³-hybridized carbons (Fsp3) is 0.611. The summed E-state index contributed by atoms with van der Waals surface area (Å²) in [7, 11) is 0. The lowest BCUT2D eigenvalue weighted by atomic mass is 9.95. The number of nitrogens with zero attached hydrogens (tertiary/aromatic N) is 2. The molecule has 2 fully saturated rings. The fourth-order valence-electron chi connectivity index (χ4n) is 3.57. The highest BCUT2D eigenvalue weighted by atomic mass is 35.5. The van der Waals surface area contributed by atoms with E-state index < -0.39 is 6.43 Å². The zero-order valence-corrected chi connectivity index (χ0v) is 15.1. The Morgan fingerprint density at radius 3 is 2.48 bits per heavy atom. The number of alkyl halides is 2. The molecule has 0 bridgehead atoms. The molecule has 2 heterocycles. The molecule has 1 unspecified atom stereocenters. The summed E-state index contributed by atoms with van der Waals surface area (Å²) in [6, 6.07) is 6.52. The van der Waals surface area contributed by atoms with E-state index in [0.29, 0.717) is 0 Å². The first-order valence-corrected chi connectivity index (χ1v) is 8.72. The third-order valence-electron chi connectivity index (χ3n) is 4.92. The van der Waals surface area contributed by atoms with Crippen LogP contribution in [0.1, 0.15) is 30.4 Å². The van der Waals surface area contributed by atoms with E-state index in [1.165, 1.54) is 12.1 Å². The molecule has 1 amide bonds. The molecule has 0 spiro atoms. The van der Waals surface area contributed by atoms with Gasteiger partial charge in [0.2, 0.25) is 5.91 Å². The first-order valence-electron chi connectivity index (χ1n) is 8.72. The van der Waals surface area contributed by atoms with Crippen molar-refractivity contribution >= 4 is 18.3 Å². The van der Waals surface area contributed by atoms with Crippen LogP contribution in [0.4, 0.5) is 8.78 Å². The number of piperidine rings is 1. The van der Waals surface area contributed by atoms with E-state index in [1.807, 2.05) is 4.90 Å². The van der Waals surface area contributed by atoms with Gasteiger partial charge in [0.05, 0.1) is 5.92 Å². The SMILES string of the molecule is Cl.O=C(C1CCCN(Cc2ccc(C(F)F)cc2)C1)N1CCNCC1. The summed E-state index contributed by atoms with van der Waals surface area (Å²) in [4.78, 5) is 16.9. The van der Waals surface area contributed by atoms with Crippen LogP contribution >= 0.6 is 12.4 Å². The Balaban J connectivity index is 0.00000225. The zero-order chi connectivity index (χ0) is 16.9. The molecule has 7 heteroatoms. The normalized spacial score (nSPS) is 21.9. The second-order valence-corrected chi connectivity index (χ2v) is 6.69. The number of nitrogens with one attached hydrogen (secondary N) is 1. The molecule has 1 aromatic carbocycles. The molecule has 3 rings (SSSR count). The molecular formula is C18H26ClF2N3O. The summed E-state index contributed by atoms with van der Waals surface area (Å²) < 4.78 is 25.2. The zero-order valence-electron chi connectivity index (χ0n) is 14.3. The van der Waals surface area contributed by atoms with Crippen LogP contribution in [-0.2, 0) is 11.3 Å². The number of hydrogen-bond donors (Lipinski definition) is 1. The number of benzene rings is 1. The van der Waals surface area contributed by atoms with Gasteiger partial charge in [0.1, 0.15) is 0 Å². The van der Waals surface area contributed by atoms with Crippen LogP contribution in [-0.4, -0.2) is 55.0 Å². The van der Waals surface area contributed by atoms with Crippen LogP contribution in [0.5, 0.6) is 0 Å². The van der Waals surface area contributed by atoms with Gasteiger partial charge in [0.25, 0.3) is 6.43 Å². The molecule has 0 saturated carbocycles. The monoisotopic (exact) mass is 373 g/mol. The second-order valence-electron chi connectivity index (χ2n) is 6.69. The summed E-state index contributed by atoms with van der Waals surface area (Å²) in [6.45, 7) is 5.78. The number of hydrogen-bond acceptors (Lipinski definition) is 3. The lowest BCUT2D eigenvalue weighted by Gasteiger charge is -2.36. The molecule has 1 aromatic rings. The summed E-state index contributed by atoms with van der Waals surface area (Å²) >= 11 is 0. The van der Waals surface area contributed by atoms with Crippen molar-refractivity contribution in [3.8, 4) is 0 Å². The fourth-order valence-corrected chi connectivity index (χ4v) is 3.57. The number of piperazine rings is 1. The molecule has 4 nitrogen and oxygen atoms in total. The van der Waals surface area contributed by atoms with Crippen LogP contribution in [0, 0.1) is 5.92 Å². The summed E-state index contributed by atoms with van der Waals surface area (Å²) in [5.41, 5.74) is 1.08. The number of rotatable bonds is 4. The van der Waals surface area contributed by atoms with Crippen molar-refractivity contribution in [1.82, 2.24) is 15.1 Å². The van der Waals surface area contributed by atoms with Gasteiger partial charge in [-0.05, 0) is 24.9 Å². The minimum atomic E-state index is -2.42. The average molecular weight is 374 g/mol. The van der Waals surface area contributed by atoms with E-state index in [9.17, 15) is 13.6 Å². The maximum absolute atomic E-state index is 12.7. The quantitative estimate of drug-likeness (QED) is 0.881. The molecule has 2 aliphatic heterocycles. The van der Waals surface area contributed by atoms with E-state index in [4.69, 9.17) is 0 Å². The van der Waals surface area contributed by atoms with Crippen molar-refractivity contribution in [2.24, 2.45) is 5.92 Å². The van der Waals surface area contributed by atoms with Crippen LogP contribution < -0.4 is 5.32 Å². The van der Waals surface area contributed by atoms with Gasteiger partial charge in [-0.3, -0.25) is 9.69 Å². The maximum Gasteiger partial charge on any atom is 0.263 e. The van der Waals surface area contributed by atoms with E-state index in [1.54, 1.807) is 12.1 Å². The molecule has 2 aliphatic rings. The number of likely N-dealkylation sites (tertiary alicyclic amines) is 1. The first-order chi connectivity index (χ1) is 11.6. The average Bonchev–Trinajstić information content (AvgIpc) is 2.62. The van der Waals surface area contributed by atoms with Gasteiger partial charge in [0, 0.05) is 44.8 Å². The molecule has 1 N–H and O–H groups in total. The molecule has 25 heavy (non-hydrogen) atoms. The highest BCUT2D eigenvalue weighted by molar-refractivity contribution is 5.85. The molecular weight excluding hydrogens is 348 g/mol. The van der Waals surface area contributed by atoms with Gasteiger partial charge in [0.15, 0.2) is 0 Å². The number of carbonyl (C=O) groups excluding carboxylic acids is 1. The Bertz CT molecular complexity index is 550. The standard InChI is InChI=1S/C18H25F2N3O.ClH/c19-17(20)15-5-3-14(4-6-15)12-22-9-1-2-16(13-22)18(24)23-10-7-21-8-11-23;/h3-6,16-17,21H,1-2,7-13H2;1H. The number of amides is 1. The van der Waals surface area contributed by atoms with Crippen molar-refractivity contribution in [3.63, 3.8) is 0 Å². The van der Waals surface area contributed by atoms with Crippen molar-refractivity contribution in [2.75, 3.05) is 39.3 Å². The van der Waals surface area contributed by atoms with Crippen LogP contribution in [0.25, 0.3) is 0 Å². The Morgan fingerprint density at radius 1 is 1.16 bits per heavy atom. The van der Waals surface area contributed by atoms with Crippen molar-refractivity contribution < 1.29 is 13.6 Å². The van der Waals surface area contributed by atoms with Crippen molar-refractivity contribution in [2.45, 2.75) is 25.8 Å². The second kappa shape index (κ2) is 9.46. The van der Waals surface area contributed by atoms with Gasteiger partial charge in [-0.1, -0.05) is 24.3 Å². The van der Waals surface area contributed by atoms with Crippen LogP contribution in [0.3, 0.4) is 0 Å². The summed E-state index contributed by atoms with van der Waals surface area (Å²) in [5.74, 6) is 0.339. The van der Waals surface area contributed by atoms with Crippen LogP contribution in [0.2, 0.25) is 0 Å². The third-order valence-corrected chi connectivity index (χ3v) is 4.92. The molecule has 140 valence electrons. The van der Waals surface area contributed by atoms with Crippen LogP contribution in [0.15, 0.2) is 24.3 Å². The predicted octanol–water partition coefficient (Wildman–Crippen LogP) is 2.69. The van der Waals surface area contributed by atoms with Gasteiger partial charge in [-0.15, -0.1) is 12.4 Å². The molecule has 0 aliphatic carbocycles. The smallest absolute Gasteiger partial charge is 0.263 e. The summed E-state index contributed by atoms with van der Waals surface area (Å²) in [5, 5.41) is 3.27. The van der Waals surface area contributed by atoms with E-state index in [-0.39, 0.29) is 29.8 Å². The van der Waals surface area contributed by atoms with Gasteiger partial charge >= 0.3 is 0 Å². The number of carbonyl (C=O) groups is 1. The predicted molar refractivity (Wildman–Crippen MR) is 96.1 cm³/mol. The maximum atomic E-state index is 12.7. The Kier molecular flexibility index (Phi) is 7.59. The molecule has 1 atom stereocenters. The largest absolute Gasteiger partial charge is 0.340 e. The highest BCUT2D eigenvalue weighted by Gasteiger charge is 2.29. The minimum absolute atomic E-state index is 0. The molecule has 2 saturated heterocycles. The van der Waals surface area contributed by atoms with E-state index in [0.717, 1.165) is 64.2 Å². The Morgan fingerprint density at radius 2 is 1.84 bits per heavy atom. The van der Waals surface area contributed by atoms with E-state index in [2.05, 4.69) is 10.2 Å². The minimum Gasteiger partial charge on any atom is -0.340 e. The molecule has 0 radical (unpaired) electrons. The van der Waals surface area contributed by atoms with E-state index >= 15 is 0 Å². The first kappa shape index (κ1) is 20.1. The summed E-state index contributed by atoms with van der Waals surface area (Å²) in [6.07, 6.45) is -0.462. The van der Waals surface area contributed by atoms with Gasteiger partial charge < -0.3 is 10.2 Å². The van der Waals surface area contributed by atoms with Gasteiger partial charge in [-0.2, -0.15) is 0 Å². The molecule has 0 aromatic heterocycles. The Hall–Kier alpha value is -1.24. The van der Waals surface area contributed by atoms with Gasteiger partial charge in [-0.25, -0.2) is 8.78 Å². The Labute approximate surface area is 154 Å². The lowest BCUT2D eigenvalue weighted by Crippen LogP contribution is -2.51. The van der Waals surface area contributed by atoms with Crippen molar-refractivity contribution in [1.29, 1.82) is 0 Å². The topological polar surface area (TPSA) is 35.6 Å². The highest BCUT2D eigenvalue weighted by Crippen LogP contribution is 2.23. The third kappa shape index (κ3) is 5.36.